The molecule has 0 bridgehead atoms. The van der Waals surface area contributed by atoms with E-state index < -0.39 is 11.8 Å². The molecule has 0 atom stereocenters. The molecule has 0 spiro atoms. The number of aromatic amines is 1. The summed E-state index contributed by atoms with van der Waals surface area (Å²) in [4.78, 5) is 17.4. The van der Waals surface area contributed by atoms with Crippen molar-refractivity contribution >= 4 is 28.2 Å². The van der Waals surface area contributed by atoms with E-state index in [1.165, 1.54) is 24.3 Å². The summed E-state index contributed by atoms with van der Waals surface area (Å²) in [5, 5.41) is 10.8. The van der Waals surface area contributed by atoms with Gasteiger partial charge in [0.15, 0.2) is 5.69 Å². The Balaban J connectivity index is 1.52. The number of hydrogen-bond donors (Lipinski definition) is 1. The van der Waals surface area contributed by atoms with Crippen LogP contribution in [0.3, 0.4) is 0 Å². The summed E-state index contributed by atoms with van der Waals surface area (Å²) >= 11 is 0. The summed E-state index contributed by atoms with van der Waals surface area (Å²) in [6, 6.07) is 10.5. The zero-order chi connectivity index (χ0) is 21.1. The maximum absolute atomic E-state index is 13.8. The van der Waals surface area contributed by atoms with Gasteiger partial charge in [-0.25, -0.2) is 13.6 Å². The van der Waals surface area contributed by atoms with Crippen LogP contribution in [0.4, 0.5) is 20.2 Å². The number of esters is 1. The second-order valence-corrected chi connectivity index (χ2v) is 6.87. The molecule has 3 aromatic rings. The SMILES string of the molecule is CCOC(=O)c1[nH]c2ccc(F)cc2c1N=NN1CCN(c2ccc(F)cc2)CC1. The van der Waals surface area contributed by atoms with Crippen molar-refractivity contribution in [2.45, 2.75) is 6.92 Å². The Hall–Kier alpha value is -3.49. The van der Waals surface area contributed by atoms with Gasteiger partial charge in [-0.15, -0.1) is 5.11 Å². The highest BCUT2D eigenvalue weighted by atomic mass is 19.1. The van der Waals surface area contributed by atoms with Gasteiger partial charge in [0.2, 0.25) is 0 Å². The summed E-state index contributed by atoms with van der Waals surface area (Å²) in [5.41, 5.74) is 1.93. The van der Waals surface area contributed by atoms with Crippen molar-refractivity contribution in [1.29, 1.82) is 0 Å². The maximum atomic E-state index is 13.8. The first-order valence-corrected chi connectivity index (χ1v) is 9.70. The molecule has 1 saturated heterocycles. The van der Waals surface area contributed by atoms with Gasteiger partial charge in [-0.05, 0) is 49.4 Å². The first-order valence-electron chi connectivity index (χ1n) is 9.70. The maximum Gasteiger partial charge on any atom is 0.357 e. The topological polar surface area (TPSA) is 73.3 Å². The van der Waals surface area contributed by atoms with Crippen LogP contribution in [0, 0.1) is 11.6 Å². The molecule has 0 unspecified atom stereocenters. The smallest absolute Gasteiger partial charge is 0.357 e. The van der Waals surface area contributed by atoms with Gasteiger partial charge in [0.1, 0.15) is 17.3 Å². The van der Waals surface area contributed by atoms with Crippen molar-refractivity contribution in [3.8, 4) is 0 Å². The number of nitrogens with zero attached hydrogens (tertiary/aromatic N) is 4. The number of carbonyl (C=O) groups is 1. The van der Waals surface area contributed by atoms with E-state index in [0.717, 1.165) is 5.69 Å². The summed E-state index contributed by atoms with van der Waals surface area (Å²) < 4.78 is 31.9. The van der Waals surface area contributed by atoms with E-state index in [9.17, 15) is 13.6 Å². The van der Waals surface area contributed by atoms with Crippen LogP contribution >= 0.6 is 0 Å². The van der Waals surface area contributed by atoms with Crippen LogP contribution in [-0.2, 0) is 4.74 Å². The first kappa shape index (κ1) is 19.8. The number of benzene rings is 2. The minimum absolute atomic E-state index is 0.145. The van der Waals surface area contributed by atoms with Crippen molar-refractivity contribution in [3.63, 3.8) is 0 Å². The number of ether oxygens (including phenoxy) is 1. The second-order valence-electron chi connectivity index (χ2n) is 6.87. The zero-order valence-corrected chi connectivity index (χ0v) is 16.4. The molecule has 1 fully saturated rings. The van der Waals surface area contributed by atoms with Crippen LogP contribution < -0.4 is 4.90 Å². The van der Waals surface area contributed by atoms with Crippen molar-refractivity contribution in [1.82, 2.24) is 9.99 Å². The van der Waals surface area contributed by atoms with Gasteiger partial charge in [0.05, 0.1) is 19.7 Å². The van der Waals surface area contributed by atoms with Crippen LogP contribution in [0.25, 0.3) is 10.9 Å². The van der Waals surface area contributed by atoms with E-state index in [0.29, 0.717) is 37.1 Å². The monoisotopic (exact) mass is 413 g/mol. The number of hydrogen-bond acceptors (Lipinski definition) is 5. The molecule has 156 valence electrons. The molecular formula is C21H21F2N5O2. The average Bonchev–Trinajstić information content (AvgIpc) is 3.11. The highest BCUT2D eigenvalue weighted by Gasteiger charge is 2.21. The molecule has 4 rings (SSSR count). The number of carbonyl (C=O) groups excluding carboxylic acids is 1. The average molecular weight is 413 g/mol. The Morgan fingerprint density at radius 1 is 1.07 bits per heavy atom. The number of piperazine rings is 1. The Labute approximate surface area is 171 Å². The van der Waals surface area contributed by atoms with E-state index in [1.807, 2.05) is 0 Å². The van der Waals surface area contributed by atoms with Gasteiger partial charge in [0.25, 0.3) is 0 Å². The predicted octanol–water partition coefficient (Wildman–Crippen LogP) is 4.44. The number of halogens is 2. The minimum atomic E-state index is -0.566. The van der Waals surface area contributed by atoms with Crippen molar-refractivity contribution in [2.24, 2.45) is 10.3 Å². The number of H-pyrrole nitrogens is 1. The highest BCUT2D eigenvalue weighted by Crippen LogP contribution is 2.32. The summed E-state index contributed by atoms with van der Waals surface area (Å²) in [6.07, 6.45) is 0. The van der Waals surface area contributed by atoms with Crippen LogP contribution in [0.5, 0.6) is 0 Å². The van der Waals surface area contributed by atoms with E-state index in [2.05, 4.69) is 20.2 Å². The van der Waals surface area contributed by atoms with Gasteiger partial charge in [-0.2, -0.15) is 0 Å². The number of rotatable bonds is 5. The van der Waals surface area contributed by atoms with Crippen molar-refractivity contribution in [2.75, 3.05) is 37.7 Å². The van der Waals surface area contributed by atoms with Crippen LogP contribution in [0.2, 0.25) is 0 Å². The summed E-state index contributed by atoms with van der Waals surface area (Å²) in [6.45, 7) is 4.51. The quantitative estimate of drug-likeness (QED) is 0.496. The lowest BCUT2D eigenvalue weighted by Crippen LogP contribution is -2.43. The minimum Gasteiger partial charge on any atom is -0.461 e. The molecule has 1 aliphatic rings. The Morgan fingerprint density at radius 2 is 1.77 bits per heavy atom. The zero-order valence-electron chi connectivity index (χ0n) is 16.4. The van der Waals surface area contributed by atoms with Crippen LogP contribution in [-0.4, -0.2) is 48.7 Å². The number of nitrogens with one attached hydrogen (secondary N) is 1. The van der Waals surface area contributed by atoms with Crippen LogP contribution in [0.1, 0.15) is 17.4 Å². The fourth-order valence-corrected chi connectivity index (χ4v) is 3.41. The number of fused-ring (bicyclic) bond motifs is 1. The van der Waals surface area contributed by atoms with Crippen molar-refractivity contribution in [3.05, 3.63) is 59.8 Å². The molecule has 0 saturated carbocycles. The molecule has 2 aromatic carbocycles. The van der Waals surface area contributed by atoms with Gasteiger partial charge >= 0.3 is 5.97 Å². The Morgan fingerprint density at radius 3 is 2.47 bits per heavy atom. The first-order chi connectivity index (χ1) is 14.5. The normalized spacial score (nSPS) is 14.6. The third-order valence-electron chi connectivity index (χ3n) is 4.93. The largest absolute Gasteiger partial charge is 0.461 e. The van der Waals surface area contributed by atoms with E-state index >= 15 is 0 Å². The predicted molar refractivity (Wildman–Crippen MR) is 109 cm³/mol. The van der Waals surface area contributed by atoms with E-state index in [-0.39, 0.29) is 23.8 Å². The molecule has 2 heterocycles. The molecule has 0 aliphatic carbocycles. The molecule has 1 aromatic heterocycles. The molecular weight excluding hydrogens is 392 g/mol. The molecule has 1 aliphatic heterocycles. The summed E-state index contributed by atoms with van der Waals surface area (Å²) in [5.74, 6) is -1.26. The lowest BCUT2D eigenvalue weighted by Gasteiger charge is -2.33. The fourth-order valence-electron chi connectivity index (χ4n) is 3.41. The number of anilines is 1. The van der Waals surface area contributed by atoms with Crippen LogP contribution in [0.15, 0.2) is 52.8 Å². The lowest BCUT2D eigenvalue weighted by molar-refractivity contribution is 0.0521. The van der Waals surface area contributed by atoms with Crippen molar-refractivity contribution < 1.29 is 18.3 Å². The molecule has 0 radical (unpaired) electrons. The molecule has 9 heteroatoms. The van der Waals surface area contributed by atoms with Gasteiger partial charge in [-0.3, -0.25) is 5.01 Å². The summed E-state index contributed by atoms with van der Waals surface area (Å²) in [7, 11) is 0. The highest BCUT2D eigenvalue weighted by molar-refractivity contribution is 6.04. The Kier molecular flexibility index (Phi) is 5.60. The third-order valence-corrected chi connectivity index (χ3v) is 4.93. The molecule has 1 N–H and O–H groups in total. The molecule has 7 nitrogen and oxygen atoms in total. The lowest BCUT2D eigenvalue weighted by atomic mass is 10.2. The Bertz CT molecular complexity index is 1070. The van der Waals surface area contributed by atoms with Gasteiger partial charge in [-0.1, -0.05) is 5.22 Å². The van der Waals surface area contributed by atoms with E-state index in [1.54, 1.807) is 30.1 Å². The van der Waals surface area contributed by atoms with E-state index in [4.69, 9.17) is 4.74 Å². The second kappa shape index (κ2) is 8.48. The third kappa shape index (κ3) is 4.10. The number of aromatic nitrogens is 1. The molecule has 30 heavy (non-hydrogen) atoms. The van der Waals surface area contributed by atoms with Gasteiger partial charge in [0, 0.05) is 29.7 Å². The fraction of sp³-hybridized carbons (Fsp3) is 0.286. The molecule has 0 amide bonds. The standard InChI is InChI=1S/C21H21F2N5O2/c1-2-30-21(29)20-19(17-13-15(23)5-8-18(17)24-20)25-26-28-11-9-27(10-12-28)16-6-3-14(22)4-7-16/h3-8,13,24H,2,9-12H2,1H3. The van der Waals surface area contributed by atoms with Gasteiger partial charge < -0.3 is 14.6 Å².